The van der Waals surface area contributed by atoms with E-state index in [2.05, 4.69) is 6.07 Å². The predicted molar refractivity (Wildman–Crippen MR) is 48.7 cm³/mol. The molecular formula is C10H8N2O. The number of hydrogen-bond donors (Lipinski definition) is 0. The van der Waals surface area contributed by atoms with E-state index in [9.17, 15) is 0 Å². The van der Waals surface area contributed by atoms with Gasteiger partial charge in [-0.3, -0.25) is 0 Å². The minimum atomic E-state index is 0.548. The standard InChI is InChI=1S/C10H8N2O/c11-7-9-1-3-10(4-2-9)12-5-6-13-8-12/h1-6H,8H2. The van der Waals surface area contributed by atoms with Crippen LogP contribution in [0.1, 0.15) is 5.56 Å². The molecule has 0 N–H and O–H groups in total. The maximum atomic E-state index is 8.59. The lowest BCUT2D eigenvalue weighted by Gasteiger charge is -2.12. The monoisotopic (exact) mass is 172 g/mol. The van der Waals surface area contributed by atoms with Crippen molar-refractivity contribution in [2.45, 2.75) is 0 Å². The first-order valence-electron chi connectivity index (χ1n) is 3.95. The van der Waals surface area contributed by atoms with E-state index in [1.807, 2.05) is 23.2 Å². The molecule has 0 fully saturated rings. The van der Waals surface area contributed by atoms with Gasteiger partial charge in [0, 0.05) is 11.9 Å². The molecule has 1 aliphatic rings. The molecular weight excluding hydrogens is 164 g/mol. The van der Waals surface area contributed by atoms with Crippen LogP contribution in [0.2, 0.25) is 0 Å². The second-order valence-corrected chi connectivity index (χ2v) is 2.71. The van der Waals surface area contributed by atoms with E-state index in [1.54, 1.807) is 18.4 Å². The third kappa shape index (κ3) is 1.47. The molecule has 0 atom stereocenters. The van der Waals surface area contributed by atoms with E-state index in [4.69, 9.17) is 10.00 Å². The van der Waals surface area contributed by atoms with E-state index in [-0.39, 0.29) is 0 Å². The Balaban J connectivity index is 2.23. The van der Waals surface area contributed by atoms with Gasteiger partial charge in [0.2, 0.25) is 0 Å². The highest BCUT2D eigenvalue weighted by Gasteiger charge is 2.06. The molecule has 0 aromatic heterocycles. The van der Waals surface area contributed by atoms with Crippen molar-refractivity contribution in [1.82, 2.24) is 0 Å². The largest absolute Gasteiger partial charge is 0.479 e. The summed E-state index contributed by atoms with van der Waals surface area (Å²) in [5, 5.41) is 8.59. The Morgan fingerprint density at radius 1 is 1.31 bits per heavy atom. The van der Waals surface area contributed by atoms with Gasteiger partial charge in [0.15, 0.2) is 6.73 Å². The topological polar surface area (TPSA) is 36.3 Å². The van der Waals surface area contributed by atoms with Crippen LogP contribution in [-0.2, 0) is 4.74 Å². The SMILES string of the molecule is N#Cc1ccc(N2C=COC2)cc1. The lowest BCUT2D eigenvalue weighted by molar-refractivity contribution is 0.282. The highest BCUT2D eigenvalue weighted by molar-refractivity contribution is 5.51. The molecule has 0 saturated carbocycles. The zero-order valence-corrected chi connectivity index (χ0v) is 6.97. The zero-order chi connectivity index (χ0) is 9.10. The van der Waals surface area contributed by atoms with Crippen LogP contribution in [0, 0.1) is 11.3 Å². The maximum absolute atomic E-state index is 8.59. The Hall–Kier alpha value is -1.95. The molecule has 0 radical (unpaired) electrons. The van der Waals surface area contributed by atoms with E-state index >= 15 is 0 Å². The summed E-state index contributed by atoms with van der Waals surface area (Å²) in [6.07, 6.45) is 3.51. The van der Waals surface area contributed by atoms with Gasteiger partial charge < -0.3 is 9.64 Å². The Bertz CT molecular complexity index is 362. The Labute approximate surface area is 76.5 Å². The van der Waals surface area contributed by atoms with Gasteiger partial charge in [-0.2, -0.15) is 5.26 Å². The van der Waals surface area contributed by atoms with Crippen LogP contribution < -0.4 is 4.90 Å². The molecule has 1 aromatic rings. The molecule has 0 unspecified atom stereocenters. The molecule has 3 heteroatoms. The predicted octanol–water partition coefficient (Wildman–Crippen LogP) is 1.82. The van der Waals surface area contributed by atoms with Gasteiger partial charge in [-0.25, -0.2) is 0 Å². The summed E-state index contributed by atoms with van der Waals surface area (Å²) in [5.74, 6) is 0. The van der Waals surface area contributed by atoms with E-state index in [0.29, 0.717) is 12.3 Å². The summed E-state index contributed by atoms with van der Waals surface area (Å²) in [4.78, 5) is 1.96. The number of nitriles is 1. The summed E-state index contributed by atoms with van der Waals surface area (Å²) in [6, 6.07) is 9.46. The van der Waals surface area contributed by atoms with Crippen LogP contribution in [0.5, 0.6) is 0 Å². The van der Waals surface area contributed by atoms with Crippen molar-refractivity contribution in [3.8, 4) is 6.07 Å². The highest BCUT2D eigenvalue weighted by Crippen LogP contribution is 2.17. The van der Waals surface area contributed by atoms with Gasteiger partial charge in [0.1, 0.15) is 6.26 Å². The molecule has 0 aliphatic carbocycles. The maximum Gasteiger partial charge on any atom is 0.164 e. The van der Waals surface area contributed by atoms with Gasteiger partial charge >= 0.3 is 0 Å². The fourth-order valence-corrected chi connectivity index (χ4v) is 1.17. The smallest absolute Gasteiger partial charge is 0.164 e. The highest BCUT2D eigenvalue weighted by atomic mass is 16.5. The van der Waals surface area contributed by atoms with Crippen LogP contribution in [-0.4, -0.2) is 6.73 Å². The minimum absolute atomic E-state index is 0.548. The normalized spacial score (nSPS) is 13.9. The summed E-state index contributed by atoms with van der Waals surface area (Å²) in [5.41, 5.74) is 1.71. The first-order valence-corrected chi connectivity index (χ1v) is 3.95. The molecule has 3 nitrogen and oxygen atoms in total. The van der Waals surface area contributed by atoms with Crippen LogP contribution in [0.25, 0.3) is 0 Å². The number of nitrogens with zero attached hydrogens (tertiary/aromatic N) is 2. The minimum Gasteiger partial charge on any atom is -0.479 e. The van der Waals surface area contributed by atoms with Crippen molar-refractivity contribution in [1.29, 1.82) is 5.26 Å². The van der Waals surface area contributed by atoms with E-state index in [0.717, 1.165) is 5.69 Å². The van der Waals surface area contributed by atoms with Crippen molar-refractivity contribution in [3.05, 3.63) is 42.3 Å². The van der Waals surface area contributed by atoms with Gasteiger partial charge in [-0.05, 0) is 24.3 Å². The molecule has 13 heavy (non-hydrogen) atoms. The lowest BCUT2D eigenvalue weighted by atomic mass is 10.2. The van der Waals surface area contributed by atoms with Gasteiger partial charge in [0.05, 0.1) is 11.6 Å². The van der Waals surface area contributed by atoms with Crippen LogP contribution in [0.15, 0.2) is 36.7 Å². The lowest BCUT2D eigenvalue weighted by Crippen LogP contribution is -2.12. The number of benzene rings is 1. The van der Waals surface area contributed by atoms with Crippen molar-refractivity contribution < 1.29 is 4.74 Å². The van der Waals surface area contributed by atoms with Crippen LogP contribution in [0.3, 0.4) is 0 Å². The third-order valence-corrected chi connectivity index (χ3v) is 1.88. The number of hydrogen-bond acceptors (Lipinski definition) is 3. The van der Waals surface area contributed by atoms with Crippen LogP contribution >= 0.6 is 0 Å². The fourth-order valence-electron chi connectivity index (χ4n) is 1.17. The number of ether oxygens (including phenoxy) is 1. The second kappa shape index (κ2) is 3.20. The molecule has 0 saturated heterocycles. The number of rotatable bonds is 1. The van der Waals surface area contributed by atoms with Gasteiger partial charge in [-0.1, -0.05) is 0 Å². The third-order valence-electron chi connectivity index (χ3n) is 1.88. The van der Waals surface area contributed by atoms with Crippen molar-refractivity contribution in [2.24, 2.45) is 0 Å². The van der Waals surface area contributed by atoms with E-state index < -0.39 is 0 Å². The van der Waals surface area contributed by atoms with Crippen molar-refractivity contribution in [3.63, 3.8) is 0 Å². The quantitative estimate of drug-likeness (QED) is 0.648. The Morgan fingerprint density at radius 2 is 2.08 bits per heavy atom. The van der Waals surface area contributed by atoms with Crippen LogP contribution in [0.4, 0.5) is 5.69 Å². The molecule has 0 amide bonds. The summed E-state index contributed by atoms with van der Waals surface area (Å²) < 4.78 is 5.05. The first kappa shape index (κ1) is 7.69. The Kier molecular flexibility index (Phi) is 1.89. The number of anilines is 1. The molecule has 1 aliphatic heterocycles. The molecule has 64 valence electrons. The molecule has 0 bridgehead atoms. The van der Waals surface area contributed by atoms with Crippen molar-refractivity contribution in [2.75, 3.05) is 11.6 Å². The first-order chi connectivity index (χ1) is 6.40. The molecule has 2 rings (SSSR count). The zero-order valence-electron chi connectivity index (χ0n) is 6.97. The summed E-state index contributed by atoms with van der Waals surface area (Å²) in [6.45, 7) is 0.548. The van der Waals surface area contributed by atoms with Crippen molar-refractivity contribution >= 4 is 5.69 Å². The fraction of sp³-hybridized carbons (Fsp3) is 0.100. The van der Waals surface area contributed by atoms with Gasteiger partial charge in [0.25, 0.3) is 0 Å². The Morgan fingerprint density at radius 3 is 2.62 bits per heavy atom. The average Bonchev–Trinajstić information content (AvgIpc) is 2.71. The van der Waals surface area contributed by atoms with Gasteiger partial charge in [-0.15, -0.1) is 0 Å². The summed E-state index contributed by atoms with van der Waals surface area (Å²) in [7, 11) is 0. The van der Waals surface area contributed by atoms with E-state index in [1.165, 1.54) is 0 Å². The molecule has 1 aromatic carbocycles. The molecule has 0 spiro atoms. The molecule has 1 heterocycles. The average molecular weight is 172 g/mol. The summed E-state index contributed by atoms with van der Waals surface area (Å²) >= 11 is 0. The second-order valence-electron chi connectivity index (χ2n) is 2.71.